The summed E-state index contributed by atoms with van der Waals surface area (Å²) in [5.74, 6) is 1.15. The molecule has 3 nitrogen and oxygen atoms in total. The molecule has 3 heteroatoms. The fourth-order valence-electron chi connectivity index (χ4n) is 4.59. The van der Waals surface area contributed by atoms with Gasteiger partial charge in [0.25, 0.3) is 0 Å². The van der Waals surface area contributed by atoms with E-state index in [1.807, 2.05) is 0 Å². The zero-order valence-electron chi connectivity index (χ0n) is 14.1. The van der Waals surface area contributed by atoms with Gasteiger partial charge >= 0.3 is 0 Å². The highest BCUT2D eigenvalue weighted by atomic mass is 16.5. The van der Waals surface area contributed by atoms with Crippen LogP contribution in [0, 0.1) is 0 Å². The Labute approximate surface area is 134 Å². The van der Waals surface area contributed by atoms with Gasteiger partial charge < -0.3 is 10.1 Å². The molecule has 2 fully saturated rings. The van der Waals surface area contributed by atoms with Gasteiger partial charge in [-0.15, -0.1) is 0 Å². The normalized spacial score (nSPS) is 32.1. The van der Waals surface area contributed by atoms with E-state index >= 15 is 0 Å². The number of hydrogen-bond acceptors (Lipinski definition) is 3. The predicted molar refractivity (Wildman–Crippen MR) is 89.3 cm³/mol. The van der Waals surface area contributed by atoms with Crippen molar-refractivity contribution in [1.82, 2.24) is 10.2 Å². The maximum atomic E-state index is 6.23. The minimum atomic E-state index is -0.0507. The molecule has 0 spiro atoms. The van der Waals surface area contributed by atoms with Crippen LogP contribution in [-0.2, 0) is 13.0 Å². The lowest BCUT2D eigenvalue weighted by molar-refractivity contribution is 0.131. The average molecular weight is 300 g/mol. The second-order valence-electron chi connectivity index (χ2n) is 8.12. The van der Waals surface area contributed by atoms with Crippen LogP contribution in [0.15, 0.2) is 18.2 Å². The van der Waals surface area contributed by atoms with E-state index in [9.17, 15) is 0 Å². The Hall–Kier alpha value is -1.06. The van der Waals surface area contributed by atoms with Gasteiger partial charge in [0, 0.05) is 36.7 Å². The van der Waals surface area contributed by atoms with E-state index in [1.165, 1.54) is 36.8 Å². The lowest BCUT2D eigenvalue weighted by atomic mass is 9.97. The zero-order valence-corrected chi connectivity index (χ0v) is 14.1. The lowest BCUT2D eigenvalue weighted by Gasteiger charge is -2.35. The highest BCUT2D eigenvalue weighted by molar-refractivity contribution is 5.45. The zero-order chi connectivity index (χ0) is 15.3. The number of nitrogens with one attached hydrogen (secondary N) is 1. The summed E-state index contributed by atoms with van der Waals surface area (Å²) in [5.41, 5.74) is 2.68. The molecule has 1 aromatic rings. The summed E-state index contributed by atoms with van der Waals surface area (Å²) in [6, 6.07) is 8.87. The van der Waals surface area contributed by atoms with E-state index in [2.05, 4.69) is 49.3 Å². The number of ether oxygens (including phenoxy) is 1. The predicted octanol–water partition coefficient (Wildman–Crippen LogP) is 3.11. The Balaban J connectivity index is 1.49. The Kier molecular flexibility index (Phi) is 3.46. The number of benzene rings is 1. The van der Waals surface area contributed by atoms with Crippen molar-refractivity contribution in [3.05, 3.63) is 29.3 Å². The average Bonchev–Trinajstić information content (AvgIpc) is 2.97. The monoisotopic (exact) mass is 300 g/mol. The molecule has 2 atom stereocenters. The number of fused-ring (bicyclic) bond motifs is 3. The van der Waals surface area contributed by atoms with E-state index in [1.54, 1.807) is 0 Å². The van der Waals surface area contributed by atoms with E-state index in [0.717, 1.165) is 30.8 Å². The number of rotatable bonds is 3. The van der Waals surface area contributed by atoms with Crippen molar-refractivity contribution in [1.29, 1.82) is 0 Å². The van der Waals surface area contributed by atoms with Crippen LogP contribution >= 0.6 is 0 Å². The fourth-order valence-corrected chi connectivity index (χ4v) is 4.59. The molecular weight excluding hydrogens is 272 g/mol. The molecule has 1 aromatic carbocycles. The summed E-state index contributed by atoms with van der Waals surface area (Å²) in [7, 11) is 2.29. The van der Waals surface area contributed by atoms with Crippen molar-refractivity contribution in [3.63, 3.8) is 0 Å². The lowest BCUT2D eigenvalue weighted by Crippen LogP contribution is -2.46. The first-order valence-corrected chi connectivity index (χ1v) is 8.76. The maximum absolute atomic E-state index is 6.23. The van der Waals surface area contributed by atoms with Crippen LogP contribution in [0.5, 0.6) is 5.75 Å². The topological polar surface area (TPSA) is 24.5 Å². The van der Waals surface area contributed by atoms with Crippen molar-refractivity contribution in [2.75, 3.05) is 7.05 Å². The fraction of sp³-hybridized carbons (Fsp3) is 0.684. The molecule has 0 amide bonds. The summed E-state index contributed by atoms with van der Waals surface area (Å²) in [6.07, 6.45) is 6.36. The largest absolute Gasteiger partial charge is 0.487 e. The van der Waals surface area contributed by atoms with Crippen LogP contribution in [0.1, 0.15) is 50.7 Å². The molecule has 22 heavy (non-hydrogen) atoms. The molecule has 0 saturated carbocycles. The second kappa shape index (κ2) is 5.24. The van der Waals surface area contributed by atoms with Crippen molar-refractivity contribution in [2.24, 2.45) is 0 Å². The smallest absolute Gasteiger partial charge is 0.127 e. The SMILES string of the molecule is CN(Cc1cccc2c1OC(C)(C)C2)C1CC2CCC(C1)N2. The summed E-state index contributed by atoms with van der Waals surface area (Å²) in [5, 5.41) is 3.74. The highest BCUT2D eigenvalue weighted by Gasteiger charge is 2.36. The van der Waals surface area contributed by atoms with Gasteiger partial charge in [-0.25, -0.2) is 0 Å². The van der Waals surface area contributed by atoms with Gasteiger partial charge in [-0.2, -0.15) is 0 Å². The molecule has 4 rings (SSSR count). The van der Waals surface area contributed by atoms with Crippen LogP contribution in [0.25, 0.3) is 0 Å². The summed E-state index contributed by atoms with van der Waals surface area (Å²) < 4.78 is 6.23. The number of nitrogens with zero attached hydrogens (tertiary/aromatic N) is 1. The standard InChI is InChI=1S/C19H28N2O/c1-19(2)11-13-5-4-6-14(18(13)22-19)12-21(3)17-9-15-7-8-16(10-17)20-15/h4-6,15-17,20H,7-12H2,1-3H3. The minimum Gasteiger partial charge on any atom is -0.487 e. The maximum Gasteiger partial charge on any atom is 0.127 e. The van der Waals surface area contributed by atoms with Crippen LogP contribution in [0.4, 0.5) is 0 Å². The quantitative estimate of drug-likeness (QED) is 0.928. The van der Waals surface area contributed by atoms with Crippen LogP contribution in [-0.4, -0.2) is 35.7 Å². The third-order valence-electron chi connectivity index (χ3n) is 5.66. The molecule has 120 valence electrons. The molecule has 0 aliphatic carbocycles. The van der Waals surface area contributed by atoms with Crippen LogP contribution in [0.2, 0.25) is 0 Å². The molecular formula is C19H28N2O. The van der Waals surface area contributed by atoms with Crippen LogP contribution < -0.4 is 10.1 Å². The van der Waals surface area contributed by atoms with E-state index < -0.39 is 0 Å². The number of para-hydroxylation sites is 1. The molecule has 2 unspecified atom stereocenters. The van der Waals surface area contributed by atoms with Gasteiger partial charge in [0.15, 0.2) is 0 Å². The first-order chi connectivity index (χ1) is 10.5. The van der Waals surface area contributed by atoms with Crippen molar-refractivity contribution in [3.8, 4) is 5.75 Å². The third kappa shape index (κ3) is 2.65. The van der Waals surface area contributed by atoms with E-state index in [0.29, 0.717) is 6.04 Å². The highest BCUT2D eigenvalue weighted by Crippen LogP contribution is 2.38. The summed E-state index contributed by atoms with van der Waals surface area (Å²) in [4.78, 5) is 2.55. The van der Waals surface area contributed by atoms with E-state index in [4.69, 9.17) is 4.74 Å². The molecule has 2 saturated heterocycles. The first kappa shape index (κ1) is 14.5. The van der Waals surface area contributed by atoms with Crippen LogP contribution in [0.3, 0.4) is 0 Å². The van der Waals surface area contributed by atoms with E-state index in [-0.39, 0.29) is 5.60 Å². The Morgan fingerprint density at radius 3 is 2.68 bits per heavy atom. The summed E-state index contributed by atoms with van der Waals surface area (Å²) in [6.45, 7) is 5.37. The van der Waals surface area contributed by atoms with Gasteiger partial charge in [0.05, 0.1) is 0 Å². The molecule has 0 aromatic heterocycles. The molecule has 2 bridgehead atoms. The molecule has 3 aliphatic heterocycles. The first-order valence-electron chi connectivity index (χ1n) is 8.76. The Morgan fingerprint density at radius 1 is 1.23 bits per heavy atom. The van der Waals surface area contributed by atoms with Gasteiger partial charge in [-0.05, 0) is 52.1 Å². The molecule has 0 radical (unpaired) electrons. The molecule has 3 heterocycles. The Morgan fingerprint density at radius 2 is 1.95 bits per heavy atom. The van der Waals surface area contributed by atoms with Gasteiger partial charge in [-0.1, -0.05) is 18.2 Å². The number of hydrogen-bond donors (Lipinski definition) is 1. The van der Waals surface area contributed by atoms with Gasteiger partial charge in [-0.3, -0.25) is 4.90 Å². The number of piperidine rings is 1. The Bertz CT molecular complexity index is 557. The molecule has 1 N–H and O–H groups in total. The molecule has 3 aliphatic rings. The minimum absolute atomic E-state index is 0.0507. The van der Waals surface area contributed by atoms with Gasteiger partial charge in [0.2, 0.25) is 0 Å². The second-order valence-corrected chi connectivity index (χ2v) is 8.12. The van der Waals surface area contributed by atoms with Gasteiger partial charge in [0.1, 0.15) is 11.4 Å². The third-order valence-corrected chi connectivity index (χ3v) is 5.66. The van der Waals surface area contributed by atoms with Crippen molar-refractivity contribution >= 4 is 0 Å². The summed E-state index contributed by atoms with van der Waals surface area (Å²) >= 11 is 0. The van der Waals surface area contributed by atoms with Crippen molar-refractivity contribution in [2.45, 2.75) is 76.2 Å². The van der Waals surface area contributed by atoms with Crippen molar-refractivity contribution < 1.29 is 4.74 Å².